The highest BCUT2D eigenvalue weighted by Gasteiger charge is 2.05. The summed E-state index contributed by atoms with van der Waals surface area (Å²) in [4.78, 5) is 4.06. The van der Waals surface area contributed by atoms with Crippen LogP contribution in [0.25, 0.3) is 5.69 Å². The molecule has 4 nitrogen and oxygen atoms in total. The van der Waals surface area contributed by atoms with E-state index in [0.717, 1.165) is 5.82 Å². The molecule has 0 amide bonds. The quantitative estimate of drug-likeness (QED) is 0.812. The first-order chi connectivity index (χ1) is 7.31. The maximum atomic E-state index is 13.0. The number of aromatic nitrogens is 3. The van der Waals surface area contributed by atoms with Gasteiger partial charge >= 0.3 is 0 Å². The average molecular weight is 206 g/mol. The zero-order chi connectivity index (χ0) is 10.7. The lowest BCUT2D eigenvalue weighted by Crippen LogP contribution is -2.09. The summed E-state index contributed by atoms with van der Waals surface area (Å²) in [5.41, 5.74) is 6.10. The van der Waals surface area contributed by atoms with Crippen molar-refractivity contribution in [1.29, 1.82) is 0 Å². The molecule has 0 aliphatic rings. The summed E-state index contributed by atoms with van der Waals surface area (Å²) in [5.74, 6) is 0.449. The maximum absolute atomic E-state index is 13.0. The monoisotopic (exact) mass is 206 g/mol. The molecule has 0 unspecified atom stereocenters. The van der Waals surface area contributed by atoms with E-state index in [1.165, 1.54) is 18.5 Å². The van der Waals surface area contributed by atoms with Crippen LogP contribution in [0.3, 0.4) is 0 Å². The van der Waals surface area contributed by atoms with Crippen molar-refractivity contribution in [3.05, 3.63) is 42.2 Å². The van der Waals surface area contributed by atoms with E-state index >= 15 is 0 Å². The molecule has 0 fully saturated rings. The largest absolute Gasteiger partial charge is 0.330 e. The molecule has 0 aliphatic carbocycles. The van der Waals surface area contributed by atoms with Gasteiger partial charge in [0.05, 0.1) is 5.69 Å². The first-order valence-corrected chi connectivity index (χ1v) is 4.66. The number of rotatable bonds is 3. The van der Waals surface area contributed by atoms with Crippen LogP contribution in [0.5, 0.6) is 0 Å². The predicted molar refractivity (Wildman–Crippen MR) is 54.1 cm³/mol. The van der Waals surface area contributed by atoms with E-state index in [2.05, 4.69) is 10.1 Å². The van der Waals surface area contributed by atoms with Gasteiger partial charge in [-0.15, -0.1) is 0 Å². The minimum atomic E-state index is -0.290. The molecule has 0 saturated carbocycles. The molecule has 2 aromatic rings. The van der Waals surface area contributed by atoms with Crippen LogP contribution in [0.2, 0.25) is 0 Å². The standard InChI is InChI=1S/C10H11FN4/c11-8-2-1-3-9(6-8)15-10(4-5-12)13-7-14-15/h1-3,6-7H,4-5,12H2. The molecule has 78 valence electrons. The van der Waals surface area contributed by atoms with Gasteiger partial charge in [-0.2, -0.15) is 5.10 Å². The summed E-state index contributed by atoms with van der Waals surface area (Å²) < 4.78 is 14.6. The molecule has 15 heavy (non-hydrogen) atoms. The number of halogens is 1. The van der Waals surface area contributed by atoms with Crippen molar-refractivity contribution in [2.45, 2.75) is 6.42 Å². The molecule has 0 saturated heterocycles. The predicted octanol–water partition coefficient (Wildman–Crippen LogP) is 0.908. The third-order valence-corrected chi connectivity index (χ3v) is 2.04. The van der Waals surface area contributed by atoms with Crippen molar-refractivity contribution in [2.75, 3.05) is 6.54 Å². The van der Waals surface area contributed by atoms with Crippen molar-refractivity contribution in [3.63, 3.8) is 0 Å². The summed E-state index contributed by atoms with van der Waals surface area (Å²) in [6.45, 7) is 0.494. The topological polar surface area (TPSA) is 56.7 Å². The highest BCUT2D eigenvalue weighted by Crippen LogP contribution is 2.10. The van der Waals surface area contributed by atoms with Gasteiger partial charge in [0.25, 0.3) is 0 Å². The number of benzene rings is 1. The van der Waals surface area contributed by atoms with Crippen molar-refractivity contribution < 1.29 is 4.39 Å². The molecular weight excluding hydrogens is 195 g/mol. The van der Waals surface area contributed by atoms with Crippen molar-refractivity contribution in [3.8, 4) is 5.69 Å². The Morgan fingerprint density at radius 1 is 1.40 bits per heavy atom. The Balaban J connectivity index is 2.40. The van der Waals surface area contributed by atoms with Gasteiger partial charge in [-0.3, -0.25) is 0 Å². The van der Waals surface area contributed by atoms with Crippen molar-refractivity contribution >= 4 is 0 Å². The summed E-state index contributed by atoms with van der Waals surface area (Å²) in [5, 5.41) is 4.03. The van der Waals surface area contributed by atoms with E-state index in [4.69, 9.17) is 5.73 Å². The van der Waals surface area contributed by atoms with Gasteiger partial charge in [-0.1, -0.05) is 6.07 Å². The van der Waals surface area contributed by atoms with Gasteiger partial charge in [0.1, 0.15) is 18.0 Å². The number of hydrogen-bond acceptors (Lipinski definition) is 3. The van der Waals surface area contributed by atoms with E-state index in [9.17, 15) is 4.39 Å². The molecule has 1 aromatic carbocycles. The van der Waals surface area contributed by atoms with Gasteiger partial charge in [-0.25, -0.2) is 14.1 Å². The molecule has 5 heteroatoms. The Morgan fingerprint density at radius 3 is 3.00 bits per heavy atom. The summed E-state index contributed by atoms with van der Waals surface area (Å²) in [7, 11) is 0. The third-order valence-electron chi connectivity index (χ3n) is 2.04. The number of hydrogen-bond donors (Lipinski definition) is 1. The molecule has 0 bridgehead atoms. The van der Waals surface area contributed by atoms with Crippen LogP contribution in [0.15, 0.2) is 30.6 Å². The van der Waals surface area contributed by atoms with Crippen molar-refractivity contribution in [1.82, 2.24) is 14.8 Å². The molecule has 0 atom stereocenters. The molecule has 2 rings (SSSR count). The van der Waals surface area contributed by atoms with Gasteiger partial charge in [0.2, 0.25) is 0 Å². The Hall–Kier alpha value is -1.75. The lowest BCUT2D eigenvalue weighted by Gasteiger charge is -2.04. The third kappa shape index (κ3) is 2.02. The van der Waals surface area contributed by atoms with Gasteiger partial charge in [0.15, 0.2) is 0 Å². The van der Waals surface area contributed by atoms with Crippen LogP contribution < -0.4 is 5.73 Å². The zero-order valence-corrected chi connectivity index (χ0v) is 8.10. The zero-order valence-electron chi connectivity index (χ0n) is 8.10. The number of nitrogens with zero attached hydrogens (tertiary/aromatic N) is 3. The molecule has 1 heterocycles. The second-order valence-corrected chi connectivity index (χ2v) is 3.11. The second kappa shape index (κ2) is 4.18. The first-order valence-electron chi connectivity index (χ1n) is 4.66. The Kier molecular flexibility index (Phi) is 2.73. The maximum Gasteiger partial charge on any atom is 0.138 e. The Morgan fingerprint density at radius 2 is 2.27 bits per heavy atom. The summed E-state index contributed by atoms with van der Waals surface area (Å²) >= 11 is 0. The fourth-order valence-corrected chi connectivity index (χ4v) is 1.39. The minimum absolute atomic E-state index is 0.290. The smallest absolute Gasteiger partial charge is 0.138 e. The second-order valence-electron chi connectivity index (χ2n) is 3.11. The van der Waals surface area contributed by atoms with Crippen LogP contribution in [0.4, 0.5) is 4.39 Å². The highest BCUT2D eigenvalue weighted by molar-refractivity contribution is 5.31. The highest BCUT2D eigenvalue weighted by atomic mass is 19.1. The van der Waals surface area contributed by atoms with Gasteiger partial charge in [0, 0.05) is 6.42 Å². The molecule has 2 N–H and O–H groups in total. The van der Waals surface area contributed by atoms with Crippen molar-refractivity contribution in [2.24, 2.45) is 5.73 Å². The fraction of sp³-hybridized carbons (Fsp3) is 0.200. The van der Waals surface area contributed by atoms with Crippen LogP contribution in [0.1, 0.15) is 5.82 Å². The van der Waals surface area contributed by atoms with Crippen LogP contribution >= 0.6 is 0 Å². The molecule has 0 spiro atoms. The molecule has 0 aliphatic heterocycles. The summed E-state index contributed by atoms with van der Waals surface area (Å²) in [6.07, 6.45) is 2.06. The molecular formula is C10H11FN4. The SMILES string of the molecule is NCCc1ncnn1-c1cccc(F)c1. The molecule has 1 aromatic heterocycles. The van der Waals surface area contributed by atoms with E-state index in [0.29, 0.717) is 18.7 Å². The van der Waals surface area contributed by atoms with E-state index in [1.807, 2.05) is 0 Å². The number of nitrogens with two attached hydrogens (primary N) is 1. The molecule has 0 radical (unpaired) electrons. The van der Waals surface area contributed by atoms with Gasteiger partial charge < -0.3 is 5.73 Å². The first kappa shape index (κ1) is 9.79. The summed E-state index contributed by atoms with van der Waals surface area (Å²) in [6, 6.07) is 6.22. The minimum Gasteiger partial charge on any atom is -0.330 e. The van der Waals surface area contributed by atoms with E-state index < -0.39 is 0 Å². The Bertz CT molecular complexity index is 452. The Labute approximate surface area is 86.6 Å². The van der Waals surface area contributed by atoms with Gasteiger partial charge in [-0.05, 0) is 24.7 Å². The van der Waals surface area contributed by atoms with E-state index in [-0.39, 0.29) is 5.82 Å². The lowest BCUT2D eigenvalue weighted by molar-refractivity contribution is 0.624. The average Bonchev–Trinajstić information content (AvgIpc) is 2.66. The fourth-order valence-electron chi connectivity index (χ4n) is 1.39. The van der Waals surface area contributed by atoms with Crippen LogP contribution in [-0.2, 0) is 6.42 Å². The lowest BCUT2D eigenvalue weighted by atomic mass is 10.3. The van der Waals surface area contributed by atoms with Crippen LogP contribution in [0, 0.1) is 5.82 Å². The van der Waals surface area contributed by atoms with E-state index in [1.54, 1.807) is 16.8 Å². The van der Waals surface area contributed by atoms with Crippen LogP contribution in [-0.4, -0.2) is 21.3 Å². The normalized spacial score (nSPS) is 10.5.